The summed E-state index contributed by atoms with van der Waals surface area (Å²) in [6.07, 6.45) is 2.68. The molecule has 0 spiro atoms. The summed E-state index contributed by atoms with van der Waals surface area (Å²) < 4.78 is 10.6. The molecule has 2 aromatic rings. The van der Waals surface area contributed by atoms with Gasteiger partial charge in [0.15, 0.2) is 0 Å². The predicted octanol–water partition coefficient (Wildman–Crippen LogP) is 1.88. The van der Waals surface area contributed by atoms with Gasteiger partial charge < -0.3 is 20.1 Å². The van der Waals surface area contributed by atoms with E-state index in [2.05, 4.69) is 37.6 Å². The number of ether oxygens (including phenoxy) is 2. The number of methoxy groups -OCH3 is 1. The molecule has 0 saturated carbocycles. The maximum atomic E-state index is 5.36. The average Bonchev–Trinajstić information content (AvgIpc) is 2.69. The Kier molecular flexibility index (Phi) is 7.04. The van der Waals surface area contributed by atoms with Gasteiger partial charge in [0.2, 0.25) is 5.95 Å². The van der Waals surface area contributed by atoms with Crippen molar-refractivity contribution in [2.24, 2.45) is 0 Å². The Morgan fingerprint density at radius 2 is 2.04 bits per heavy atom. The van der Waals surface area contributed by atoms with E-state index in [1.807, 2.05) is 18.2 Å². The van der Waals surface area contributed by atoms with Crippen LogP contribution in [0.2, 0.25) is 0 Å². The first-order valence-corrected chi connectivity index (χ1v) is 9.07. The van der Waals surface area contributed by atoms with Gasteiger partial charge in [-0.05, 0) is 30.2 Å². The van der Waals surface area contributed by atoms with E-state index in [0.717, 1.165) is 63.9 Å². The third-order valence-corrected chi connectivity index (χ3v) is 4.32. The zero-order valence-electron chi connectivity index (χ0n) is 15.3. The molecule has 1 aromatic heterocycles. The highest BCUT2D eigenvalue weighted by molar-refractivity contribution is 5.40. The molecule has 3 rings (SSSR count). The second-order valence-corrected chi connectivity index (χ2v) is 6.17. The highest BCUT2D eigenvalue weighted by Crippen LogP contribution is 2.13. The highest BCUT2D eigenvalue weighted by Gasteiger charge is 2.09. The minimum atomic E-state index is 0.657. The van der Waals surface area contributed by atoms with Crippen molar-refractivity contribution in [1.29, 1.82) is 0 Å². The van der Waals surface area contributed by atoms with Gasteiger partial charge in [0.05, 0.1) is 20.3 Å². The van der Waals surface area contributed by atoms with Crippen LogP contribution in [0.25, 0.3) is 0 Å². The molecule has 1 aromatic carbocycles. The summed E-state index contributed by atoms with van der Waals surface area (Å²) in [5.74, 6) is 2.37. The minimum Gasteiger partial charge on any atom is -0.497 e. The second-order valence-electron chi connectivity index (χ2n) is 6.17. The predicted molar refractivity (Wildman–Crippen MR) is 103 cm³/mol. The number of hydrogen-bond acceptors (Lipinski definition) is 7. The van der Waals surface area contributed by atoms with E-state index in [1.165, 1.54) is 5.56 Å². The van der Waals surface area contributed by atoms with Gasteiger partial charge in [0, 0.05) is 38.9 Å². The van der Waals surface area contributed by atoms with Crippen molar-refractivity contribution in [2.75, 3.05) is 63.7 Å². The van der Waals surface area contributed by atoms with Crippen LogP contribution in [0.15, 0.2) is 36.5 Å². The number of aromatic nitrogens is 2. The molecular formula is C19H27N5O2. The summed E-state index contributed by atoms with van der Waals surface area (Å²) in [6, 6.07) is 10.0. The molecule has 1 fully saturated rings. The lowest BCUT2D eigenvalue weighted by molar-refractivity contribution is 0.0398. The zero-order valence-corrected chi connectivity index (χ0v) is 15.3. The van der Waals surface area contributed by atoms with Crippen molar-refractivity contribution in [3.8, 4) is 5.75 Å². The van der Waals surface area contributed by atoms with Crippen molar-refractivity contribution < 1.29 is 9.47 Å². The lowest BCUT2D eigenvalue weighted by Gasteiger charge is -2.26. The third kappa shape index (κ3) is 5.86. The van der Waals surface area contributed by atoms with Gasteiger partial charge in [-0.2, -0.15) is 4.98 Å². The first-order chi connectivity index (χ1) is 12.8. The standard InChI is InChI=1S/C19H27N5O2/c1-25-17-4-2-3-16(15-17)5-7-20-18-6-8-21-19(23-18)22-9-10-24-11-13-26-14-12-24/h2-4,6,8,15H,5,7,9-14H2,1H3,(H2,20,21,22,23). The molecule has 1 aliphatic rings. The summed E-state index contributed by atoms with van der Waals surface area (Å²) >= 11 is 0. The van der Waals surface area contributed by atoms with Gasteiger partial charge in [-0.3, -0.25) is 4.90 Å². The largest absolute Gasteiger partial charge is 0.497 e. The molecule has 7 heteroatoms. The van der Waals surface area contributed by atoms with E-state index in [0.29, 0.717) is 5.95 Å². The Balaban J connectivity index is 1.41. The van der Waals surface area contributed by atoms with Gasteiger partial charge in [-0.25, -0.2) is 4.98 Å². The molecule has 140 valence electrons. The molecule has 2 heterocycles. The molecule has 2 N–H and O–H groups in total. The van der Waals surface area contributed by atoms with E-state index < -0.39 is 0 Å². The Morgan fingerprint density at radius 3 is 2.88 bits per heavy atom. The van der Waals surface area contributed by atoms with Gasteiger partial charge in [0.25, 0.3) is 0 Å². The smallest absolute Gasteiger partial charge is 0.224 e. The number of morpholine rings is 1. The van der Waals surface area contributed by atoms with Crippen molar-refractivity contribution in [3.63, 3.8) is 0 Å². The second kappa shape index (κ2) is 9.94. The number of nitrogens with zero attached hydrogens (tertiary/aromatic N) is 3. The van der Waals surface area contributed by atoms with E-state index >= 15 is 0 Å². The number of nitrogens with one attached hydrogen (secondary N) is 2. The van der Waals surface area contributed by atoms with Crippen molar-refractivity contribution in [3.05, 3.63) is 42.1 Å². The van der Waals surface area contributed by atoms with E-state index in [9.17, 15) is 0 Å². The lowest BCUT2D eigenvalue weighted by atomic mass is 10.1. The summed E-state index contributed by atoms with van der Waals surface area (Å²) in [4.78, 5) is 11.2. The quantitative estimate of drug-likeness (QED) is 0.710. The van der Waals surface area contributed by atoms with Gasteiger partial charge in [-0.15, -0.1) is 0 Å². The Hall–Kier alpha value is -2.38. The Morgan fingerprint density at radius 1 is 1.15 bits per heavy atom. The molecule has 0 unspecified atom stereocenters. The molecule has 1 aliphatic heterocycles. The molecular weight excluding hydrogens is 330 g/mol. The molecule has 0 amide bonds. The Bertz CT molecular complexity index is 676. The molecule has 26 heavy (non-hydrogen) atoms. The van der Waals surface area contributed by atoms with Crippen LogP contribution in [0, 0.1) is 0 Å². The first-order valence-electron chi connectivity index (χ1n) is 9.07. The van der Waals surface area contributed by atoms with Crippen molar-refractivity contribution in [1.82, 2.24) is 14.9 Å². The Labute approximate surface area is 154 Å². The molecule has 0 aliphatic carbocycles. The number of anilines is 2. The highest BCUT2D eigenvalue weighted by atomic mass is 16.5. The van der Waals surface area contributed by atoms with Crippen LogP contribution in [-0.4, -0.2) is 67.9 Å². The number of hydrogen-bond donors (Lipinski definition) is 2. The van der Waals surface area contributed by atoms with Crippen molar-refractivity contribution >= 4 is 11.8 Å². The first kappa shape index (κ1) is 18.4. The van der Waals surface area contributed by atoms with Crippen LogP contribution in [0.5, 0.6) is 5.75 Å². The monoisotopic (exact) mass is 357 g/mol. The van der Waals surface area contributed by atoms with E-state index in [1.54, 1.807) is 13.3 Å². The van der Waals surface area contributed by atoms with Crippen LogP contribution >= 0.6 is 0 Å². The van der Waals surface area contributed by atoms with Gasteiger partial charge in [-0.1, -0.05) is 12.1 Å². The zero-order chi connectivity index (χ0) is 18.0. The molecule has 0 bridgehead atoms. The van der Waals surface area contributed by atoms with Gasteiger partial charge >= 0.3 is 0 Å². The fourth-order valence-electron chi connectivity index (χ4n) is 2.86. The molecule has 0 radical (unpaired) electrons. The maximum Gasteiger partial charge on any atom is 0.224 e. The SMILES string of the molecule is COc1cccc(CCNc2ccnc(NCCN3CCOCC3)n2)c1. The van der Waals surface area contributed by atoms with Crippen LogP contribution < -0.4 is 15.4 Å². The van der Waals surface area contributed by atoms with E-state index in [-0.39, 0.29) is 0 Å². The van der Waals surface area contributed by atoms with Crippen LogP contribution in [0.1, 0.15) is 5.56 Å². The van der Waals surface area contributed by atoms with Crippen molar-refractivity contribution in [2.45, 2.75) is 6.42 Å². The van der Waals surface area contributed by atoms with Crippen LogP contribution in [-0.2, 0) is 11.2 Å². The topological polar surface area (TPSA) is 71.5 Å². The fourth-order valence-corrected chi connectivity index (χ4v) is 2.86. The molecule has 1 saturated heterocycles. The summed E-state index contributed by atoms with van der Waals surface area (Å²) in [7, 11) is 1.69. The summed E-state index contributed by atoms with van der Waals surface area (Å²) in [5, 5.41) is 6.65. The number of rotatable bonds is 9. The lowest BCUT2D eigenvalue weighted by Crippen LogP contribution is -2.39. The van der Waals surface area contributed by atoms with Crippen LogP contribution in [0.4, 0.5) is 11.8 Å². The van der Waals surface area contributed by atoms with Gasteiger partial charge in [0.1, 0.15) is 11.6 Å². The average molecular weight is 357 g/mol. The van der Waals surface area contributed by atoms with Crippen LogP contribution in [0.3, 0.4) is 0 Å². The fraction of sp³-hybridized carbons (Fsp3) is 0.474. The third-order valence-electron chi connectivity index (χ3n) is 4.32. The normalized spacial score (nSPS) is 14.8. The molecule has 7 nitrogen and oxygen atoms in total. The minimum absolute atomic E-state index is 0.657. The van der Waals surface area contributed by atoms with E-state index in [4.69, 9.17) is 9.47 Å². The summed E-state index contributed by atoms with van der Waals surface area (Å²) in [6.45, 7) is 6.24. The molecule has 0 atom stereocenters. The maximum absolute atomic E-state index is 5.36. The summed E-state index contributed by atoms with van der Waals surface area (Å²) in [5.41, 5.74) is 1.23. The number of benzene rings is 1.